The number of rotatable bonds is 8. The topological polar surface area (TPSA) is 72.5 Å². The van der Waals surface area contributed by atoms with E-state index >= 15 is 0 Å². The fraction of sp³-hybridized carbons (Fsp3) is 0.308. The molecule has 0 amide bonds. The maximum absolute atomic E-state index is 6.03. The Hall–Kier alpha value is -3.42. The van der Waals surface area contributed by atoms with E-state index in [2.05, 4.69) is 50.4 Å². The summed E-state index contributed by atoms with van der Waals surface area (Å²) in [6, 6.07) is 20.3. The summed E-state index contributed by atoms with van der Waals surface area (Å²) in [5, 5.41) is 8.82. The molecule has 7 nitrogen and oxygen atoms in total. The van der Waals surface area contributed by atoms with E-state index in [0.717, 1.165) is 54.5 Å². The molecule has 3 heterocycles. The Bertz CT molecular complexity index is 1190. The Kier molecular flexibility index (Phi) is 6.51. The molecular weight excluding hydrogens is 416 g/mol. The van der Waals surface area contributed by atoms with Gasteiger partial charge in [-0.3, -0.25) is 15.0 Å². The highest BCUT2D eigenvalue weighted by molar-refractivity contribution is 5.78. The molecule has 0 spiro atoms. The van der Waals surface area contributed by atoms with Crippen LogP contribution in [-0.2, 0) is 17.7 Å². The Balaban J connectivity index is 1.15. The molecule has 4 aromatic rings. The van der Waals surface area contributed by atoms with Gasteiger partial charge < -0.3 is 14.2 Å². The van der Waals surface area contributed by atoms with Gasteiger partial charge in [0, 0.05) is 43.3 Å². The van der Waals surface area contributed by atoms with Crippen LogP contribution in [-0.4, -0.2) is 53.5 Å². The third-order valence-electron chi connectivity index (χ3n) is 5.90. The summed E-state index contributed by atoms with van der Waals surface area (Å²) >= 11 is 0. The molecule has 0 aliphatic carbocycles. The largest absolute Gasteiger partial charge is 0.497 e. The third kappa shape index (κ3) is 5.32. The first-order valence-corrected chi connectivity index (χ1v) is 11.3. The highest BCUT2D eigenvalue weighted by Gasteiger charge is 2.24. The van der Waals surface area contributed by atoms with Crippen molar-refractivity contribution in [1.82, 2.24) is 20.1 Å². The molecule has 7 heteroatoms. The molecule has 2 aromatic heterocycles. The van der Waals surface area contributed by atoms with Gasteiger partial charge in [0.2, 0.25) is 0 Å². The van der Waals surface area contributed by atoms with Crippen molar-refractivity contribution in [3.05, 3.63) is 83.8 Å². The molecule has 1 N–H and O–H groups in total. The molecule has 0 saturated carbocycles. The van der Waals surface area contributed by atoms with Crippen LogP contribution in [0.1, 0.15) is 23.1 Å². The summed E-state index contributed by atoms with van der Waals surface area (Å²) in [6.45, 7) is 3.88. The van der Waals surface area contributed by atoms with Gasteiger partial charge in [-0.15, -0.1) is 0 Å². The molecule has 1 aliphatic rings. The monoisotopic (exact) mass is 444 g/mol. The molecular formula is C26H28N4O3. The SMILES string of the molecule is COc1ccc(OCCc2cc([C@@H]3CN(Cc4ccc5ncccc5c4)CCO3)n[nH]2)cc1. The number of aromatic amines is 1. The number of hydrogen-bond acceptors (Lipinski definition) is 6. The quantitative estimate of drug-likeness (QED) is 0.440. The predicted octanol–water partition coefficient (Wildman–Crippen LogP) is 4.16. The van der Waals surface area contributed by atoms with Gasteiger partial charge in [-0.2, -0.15) is 5.10 Å². The molecule has 1 aliphatic heterocycles. The summed E-state index contributed by atoms with van der Waals surface area (Å²) in [5.74, 6) is 1.64. The lowest BCUT2D eigenvalue weighted by molar-refractivity contribution is -0.0350. The van der Waals surface area contributed by atoms with Gasteiger partial charge in [-0.05, 0) is 54.1 Å². The molecule has 0 bridgehead atoms. The highest BCUT2D eigenvalue weighted by atomic mass is 16.5. The van der Waals surface area contributed by atoms with Crippen molar-refractivity contribution in [1.29, 1.82) is 0 Å². The van der Waals surface area contributed by atoms with Gasteiger partial charge in [-0.1, -0.05) is 12.1 Å². The summed E-state index contributed by atoms with van der Waals surface area (Å²) in [4.78, 5) is 6.83. The smallest absolute Gasteiger partial charge is 0.119 e. The van der Waals surface area contributed by atoms with Gasteiger partial charge in [0.25, 0.3) is 0 Å². The number of nitrogens with one attached hydrogen (secondary N) is 1. The van der Waals surface area contributed by atoms with E-state index in [0.29, 0.717) is 13.2 Å². The minimum absolute atomic E-state index is 0.0339. The van der Waals surface area contributed by atoms with Crippen LogP contribution in [0.15, 0.2) is 66.9 Å². The van der Waals surface area contributed by atoms with Crippen molar-refractivity contribution in [2.24, 2.45) is 0 Å². The minimum Gasteiger partial charge on any atom is -0.497 e. The second-order valence-corrected chi connectivity index (χ2v) is 8.22. The molecule has 1 atom stereocenters. The van der Waals surface area contributed by atoms with E-state index < -0.39 is 0 Å². The van der Waals surface area contributed by atoms with E-state index in [9.17, 15) is 0 Å². The average Bonchev–Trinajstić information content (AvgIpc) is 3.34. The number of pyridine rings is 1. The molecule has 33 heavy (non-hydrogen) atoms. The zero-order chi connectivity index (χ0) is 22.5. The lowest BCUT2D eigenvalue weighted by atomic mass is 10.1. The molecule has 1 fully saturated rings. The number of methoxy groups -OCH3 is 1. The maximum atomic E-state index is 6.03. The van der Waals surface area contributed by atoms with Gasteiger partial charge in [0.05, 0.1) is 31.5 Å². The second-order valence-electron chi connectivity index (χ2n) is 8.22. The summed E-state index contributed by atoms with van der Waals surface area (Å²) < 4.78 is 17.0. The lowest BCUT2D eigenvalue weighted by Crippen LogP contribution is -2.37. The first-order valence-electron chi connectivity index (χ1n) is 11.3. The minimum atomic E-state index is -0.0339. The van der Waals surface area contributed by atoms with Crippen LogP contribution < -0.4 is 9.47 Å². The van der Waals surface area contributed by atoms with Gasteiger partial charge >= 0.3 is 0 Å². The standard InChI is InChI=1S/C26H28N4O3/c1-31-22-5-7-23(8-6-22)32-13-10-21-16-25(29-28-21)26-18-30(12-14-33-26)17-19-4-9-24-20(15-19)3-2-11-27-24/h2-9,11,15-16,26H,10,12-14,17-18H2,1H3,(H,28,29)/t26-/m0/s1. The lowest BCUT2D eigenvalue weighted by Gasteiger charge is -2.32. The summed E-state index contributed by atoms with van der Waals surface area (Å²) in [6.07, 6.45) is 2.55. The zero-order valence-electron chi connectivity index (χ0n) is 18.7. The van der Waals surface area contributed by atoms with Gasteiger partial charge in [0.1, 0.15) is 17.6 Å². The second kappa shape index (κ2) is 10.0. The summed E-state index contributed by atoms with van der Waals surface area (Å²) in [7, 11) is 1.65. The maximum Gasteiger partial charge on any atom is 0.119 e. The third-order valence-corrected chi connectivity index (χ3v) is 5.90. The van der Waals surface area contributed by atoms with Crippen molar-refractivity contribution < 1.29 is 14.2 Å². The first kappa shape index (κ1) is 21.4. The number of hydrogen-bond donors (Lipinski definition) is 1. The van der Waals surface area contributed by atoms with Crippen LogP contribution in [0.5, 0.6) is 11.5 Å². The van der Waals surface area contributed by atoms with E-state index in [1.54, 1.807) is 7.11 Å². The summed E-state index contributed by atoms with van der Waals surface area (Å²) in [5.41, 5.74) is 4.30. The molecule has 2 aromatic carbocycles. The van der Waals surface area contributed by atoms with Crippen LogP contribution in [0.25, 0.3) is 10.9 Å². The Morgan fingerprint density at radius 2 is 1.97 bits per heavy atom. The van der Waals surface area contributed by atoms with Crippen molar-refractivity contribution in [3.63, 3.8) is 0 Å². The van der Waals surface area contributed by atoms with E-state index in [1.165, 1.54) is 10.9 Å². The molecule has 5 rings (SSSR count). The molecule has 170 valence electrons. The fourth-order valence-corrected chi connectivity index (χ4v) is 4.13. The van der Waals surface area contributed by atoms with E-state index in [4.69, 9.17) is 14.2 Å². The number of benzene rings is 2. The molecule has 0 unspecified atom stereocenters. The Morgan fingerprint density at radius 3 is 2.85 bits per heavy atom. The van der Waals surface area contributed by atoms with Crippen molar-refractivity contribution in [2.45, 2.75) is 19.1 Å². The van der Waals surface area contributed by atoms with E-state index in [-0.39, 0.29) is 6.10 Å². The Labute approximate surface area is 193 Å². The number of H-pyrrole nitrogens is 1. The average molecular weight is 445 g/mol. The predicted molar refractivity (Wildman–Crippen MR) is 126 cm³/mol. The van der Waals surface area contributed by atoms with Crippen LogP contribution in [0, 0.1) is 0 Å². The molecule has 1 saturated heterocycles. The number of nitrogens with zero attached hydrogens (tertiary/aromatic N) is 3. The first-order chi connectivity index (χ1) is 16.3. The normalized spacial score (nSPS) is 16.7. The Morgan fingerprint density at radius 1 is 1.09 bits per heavy atom. The van der Waals surface area contributed by atoms with Crippen LogP contribution in [0.4, 0.5) is 0 Å². The van der Waals surface area contributed by atoms with E-state index in [1.807, 2.05) is 36.5 Å². The van der Waals surface area contributed by atoms with Crippen LogP contribution >= 0.6 is 0 Å². The highest BCUT2D eigenvalue weighted by Crippen LogP contribution is 2.24. The van der Waals surface area contributed by atoms with Crippen LogP contribution in [0.3, 0.4) is 0 Å². The van der Waals surface area contributed by atoms with Gasteiger partial charge in [-0.25, -0.2) is 0 Å². The van der Waals surface area contributed by atoms with Crippen molar-refractivity contribution in [2.75, 3.05) is 33.4 Å². The number of ether oxygens (including phenoxy) is 3. The van der Waals surface area contributed by atoms with Gasteiger partial charge in [0.15, 0.2) is 0 Å². The van der Waals surface area contributed by atoms with Crippen molar-refractivity contribution >= 4 is 10.9 Å². The fourth-order valence-electron chi connectivity index (χ4n) is 4.13. The zero-order valence-corrected chi connectivity index (χ0v) is 18.7. The number of fused-ring (bicyclic) bond motifs is 1. The van der Waals surface area contributed by atoms with Crippen LogP contribution in [0.2, 0.25) is 0 Å². The molecule has 0 radical (unpaired) electrons. The number of aromatic nitrogens is 3. The number of morpholine rings is 1. The van der Waals surface area contributed by atoms with Crippen molar-refractivity contribution in [3.8, 4) is 11.5 Å².